The van der Waals surface area contributed by atoms with Gasteiger partial charge in [-0.25, -0.2) is 0 Å². The lowest BCUT2D eigenvalue weighted by Crippen LogP contribution is -2.55. The highest BCUT2D eigenvalue weighted by molar-refractivity contribution is 4.91. The van der Waals surface area contributed by atoms with Crippen molar-refractivity contribution in [2.75, 3.05) is 32.7 Å². The molecule has 0 spiro atoms. The van der Waals surface area contributed by atoms with Crippen molar-refractivity contribution in [2.45, 2.75) is 50.8 Å². The second-order valence-corrected chi connectivity index (χ2v) is 6.09. The number of piperazine rings is 1. The molecule has 3 N–H and O–H groups in total. The third-order valence-corrected chi connectivity index (χ3v) is 4.44. The van der Waals surface area contributed by atoms with Crippen LogP contribution in [0.15, 0.2) is 0 Å². The minimum Gasteiger partial charge on any atom is -0.389 e. The van der Waals surface area contributed by atoms with E-state index in [9.17, 15) is 5.11 Å². The highest BCUT2D eigenvalue weighted by Gasteiger charge is 2.34. The standard InChI is InChI=1S/C13H27N3O/c1-11-8-16-6-3-4-12(16)9-15(11)7-5-13(2,17)10-14/h11-12,17H,3-10,14H2,1-2H3. The third kappa shape index (κ3) is 3.19. The average molecular weight is 241 g/mol. The van der Waals surface area contributed by atoms with Gasteiger partial charge in [0.25, 0.3) is 0 Å². The number of fused-ring (bicyclic) bond motifs is 1. The Morgan fingerprint density at radius 1 is 1.41 bits per heavy atom. The first kappa shape index (κ1) is 13.3. The molecule has 0 amide bonds. The average Bonchev–Trinajstić information content (AvgIpc) is 2.73. The van der Waals surface area contributed by atoms with Crippen LogP contribution in [0.4, 0.5) is 0 Å². The molecule has 0 radical (unpaired) electrons. The molecule has 0 saturated carbocycles. The van der Waals surface area contributed by atoms with Gasteiger partial charge in [-0.15, -0.1) is 0 Å². The first-order valence-electron chi connectivity index (χ1n) is 6.92. The van der Waals surface area contributed by atoms with Gasteiger partial charge >= 0.3 is 0 Å². The van der Waals surface area contributed by atoms with Gasteiger partial charge in [0.1, 0.15) is 0 Å². The van der Waals surface area contributed by atoms with Gasteiger partial charge in [0, 0.05) is 38.3 Å². The molecular formula is C13H27N3O. The normalized spacial score (nSPS) is 34.6. The molecule has 100 valence electrons. The van der Waals surface area contributed by atoms with E-state index in [0.29, 0.717) is 12.6 Å². The zero-order valence-corrected chi connectivity index (χ0v) is 11.2. The molecule has 2 aliphatic rings. The smallest absolute Gasteiger partial charge is 0.0753 e. The second-order valence-electron chi connectivity index (χ2n) is 6.09. The molecular weight excluding hydrogens is 214 g/mol. The molecule has 17 heavy (non-hydrogen) atoms. The minimum absolute atomic E-state index is 0.352. The molecule has 0 aromatic carbocycles. The van der Waals surface area contributed by atoms with Crippen molar-refractivity contribution in [2.24, 2.45) is 5.73 Å². The van der Waals surface area contributed by atoms with E-state index in [-0.39, 0.29) is 0 Å². The van der Waals surface area contributed by atoms with Gasteiger partial charge in [0.15, 0.2) is 0 Å². The minimum atomic E-state index is -0.702. The van der Waals surface area contributed by atoms with Crippen molar-refractivity contribution >= 4 is 0 Å². The van der Waals surface area contributed by atoms with E-state index in [1.807, 2.05) is 6.92 Å². The number of aliphatic hydroxyl groups is 1. The molecule has 0 bridgehead atoms. The van der Waals surface area contributed by atoms with Gasteiger partial charge in [0.2, 0.25) is 0 Å². The molecule has 3 atom stereocenters. The zero-order chi connectivity index (χ0) is 12.5. The molecule has 2 saturated heterocycles. The van der Waals surface area contributed by atoms with Crippen molar-refractivity contribution < 1.29 is 5.11 Å². The first-order chi connectivity index (χ1) is 8.02. The van der Waals surface area contributed by atoms with Gasteiger partial charge in [0.05, 0.1) is 5.60 Å². The van der Waals surface area contributed by atoms with Crippen molar-refractivity contribution in [3.8, 4) is 0 Å². The van der Waals surface area contributed by atoms with Crippen molar-refractivity contribution in [1.29, 1.82) is 0 Å². The lowest BCUT2D eigenvalue weighted by molar-refractivity contribution is 0.0163. The van der Waals surface area contributed by atoms with Crippen LogP contribution in [0, 0.1) is 0 Å². The Morgan fingerprint density at radius 2 is 2.18 bits per heavy atom. The summed E-state index contributed by atoms with van der Waals surface area (Å²) in [5, 5.41) is 9.97. The largest absolute Gasteiger partial charge is 0.389 e. The fourth-order valence-corrected chi connectivity index (χ4v) is 3.05. The van der Waals surface area contributed by atoms with Crippen LogP contribution in [-0.4, -0.2) is 65.3 Å². The van der Waals surface area contributed by atoms with Crippen LogP contribution in [-0.2, 0) is 0 Å². The van der Waals surface area contributed by atoms with Crippen LogP contribution in [0.5, 0.6) is 0 Å². The zero-order valence-electron chi connectivity index (χ0n) is 11.2. The molecule has 2 rings (SSSR count). The second kappa shape index (κ2) is 5.22. The quantitative estimate of drug-likeness (QED) is 0.741. The van der Waals surface area contributed by atoms with Gasteiger partial charge in [-0.05, 0) is 39.7 Å². The summed E-state index contributed by atoms with van der Waals surface area (Å²) in [6.45, 7) is 9.09. The summed E-state index contributed by atoms with van der Waals surface area (Å²) in [6.07, 6.45) is 3.48. The molecule has 0 aromatic heterocycles. The Hall–Kier alpha value is -0.160. The van der Waals surface area contributed by atoms with Crippen LogP contribution >= 0.6 is 0 Å². The fraction of sp³-hybridized carbons (Fsp3) is 1.00. The summed E-state index contributed by atoms with van der Waals surface area (Å²) in [7, 11) is 0. The molecule has 2 heterocycles. The maximum absolute atomic E-state index is 9.97. The summed E-state index contributed by atoms with van der Waals surface area (Å²) in [6, 6.07) is 1.37. The van der Waals surface area contributed by atoms with Crippen LogP contribution in [0.3, 0.4) is 0 Å². The molecule has 0 aliphatic carbocycles. The fourth-order valence-electron chi connectivity index (χ4n) is 3.05. The van der Waals surface area contributed by atoms with E-state index in [2.05, 4.69) is 16.7 Å². The number of hydrogen-bond donors (Lipinski definition) is 2. The summed E-state index contributed by atoms with van der Waals surface area (Å²) < 4.78 is 0. The molecule has 3 unspecified atom stereocenters. The molecule has 4 heteroatoms. The number of nitrogens with two attached hydrogens (primary N) is 1. The Bertz CT molecular complexity index is 257. The predicted octanol–water partition coefficient (Wildman–Crippen LogP) is 0.255. The highest BCUT2D eigenvalue weighted by Crippen LogP contribution is 2.25. The first-order valence-corrected chi connectivity index (χ1v) is 6.92. The maximum atomic E-state index is 9.97. The Labute approximate surface area is 105 Å². The van der Waals surface area contributed by atoms with E-state index in [1.54, 1.807) is 0 Å². The number of nitrogens with zero attached hydrogens (tertiary/aromatic N) is 2. The summed E-state index contributed by atoms with van der Waals surface area (Å²) in [4.78, 5) is 5.15. The SMILES string of the molecule is CC1CN2CCCC2CN1CCC(C)(O)CN. The highest BCUT2D eigenvalue weighted by atomic mass is 16.3. The van der Waals surface area contributed by atoms with Crippen molar-refractivity contribution in [3.63, 3.8) is 0 Å². The lowest BCUT2D eigenvalue weighted by Gasteiger charge is -2.43. The van der Waals surface area contributed by atoms with E-state index < -0.39 is 5.60 Å². The predicted molar refractivity (Wildman–Crippen MR) is 69.9 cm³/mol. The van der Waals surface area contributed by atoms with Crippen molar-refractivity contribution in [3.05, 3.63) is 0 Å². The van der Waals surface area contributed by atoms with E-state index in [4.69, 9.17) is 5.73 Å². The lowest BCUT2D eigenvalue weighted by atomic mass is 10.0. The number of rotatable bonds is 4. The Morgan fingerprint density at radius 3 is 2.88 bits per heavy atom. The third-order valence-electron chi connectivity index (χ3n) is 4.44. The molecule has 4 nitrogen and oxygen atoms in total. The Kier molecular flexibility index (Phi) is 4.08. The van der Waals surface area contributed by atoms with Gasteiger partial charge in [-0.2, -0.15) is 0 Å². The van der Waals surface area contributed by atoms with E-state index in [0.717, 1.165) is 19.0 Å². The van der Waals surface area contributed by atoms with Crippen LogP contribution in [0.2, 0.25) is 0 Å². The van der Waals surface area contributed by atoms with Crippen molar-refractivity contribution in [1.82, 2.24) is 9.80 Å². The molecule has 2 fully saturated rings. The van der Waals surface area contributed by atoms with E-state index >= 15 is 0 Å². The van der Waals surface area contributed by atoms with Crippen LogP contribution < -0.4 is 5.73 Å². The monoisotopic (exact) mass is 241 g/mol. The van der Waals surface area contributed by atoms with E-state index in [1.165, 1.54) is 32.5 Å². The molecule has 0 aromatic rings. The topological polar surface area (TPSA) is 52.7 Å². The summed E-state index contributed by atoms with van der Waals surface area (Å²) in [5.74, 6) is 0. The van der Waals surface area contributed by atoms with Gasteiger partial charge < -0.3 is 10.8 Å². The number of hydrogen-bond acceptors (Lipinski definition) is 4. The van der Waals surface area contributed by atoms with Gasteiger partial charge in [-0.1, -0.05) is 0 Å². The Balaban J connectivity index is 1.84. The maximum Gasteiger partial charge on any atom is 0.0753 e. The van der Waals surface area contributed by atoms with Crippen LogP contribution in [0.1, 0.15) is 33.1 Å². The van der Waals surface area contributed by atoms with Crippen LogP contribution in [0.25, 0.3) is 0 Å². The van der Waals surface area contributed by atoms with Gasteiger partial charge in [-0.3, -0.25) is 9.80 Å². The summed E-state index contributed by atoms with van der Waals surface area (Å²) in [5.41, 5.74) is 4.86. The molecule has 2 aliphatic heterocycles. The summed E-state index contributed by atoms with van der Waals surface area (Å²) >= 11 is 0.